The zero-order chi connectivity index (χ0) is 14.1. The highest BCUT2D eigenvalue weighted by Gasteiger charge is 2.57. The monoisotopic (exact) mass is 278 g/mol. The molecule has 0 aromatic heterocycles. The molecule has 1 aliphatic carbocycles. The first-order chi connectivity index (χ1) is 8.77. The van der Waals surface area contributed by atoms with E-state index in [1.807, 2.05) is 0 Å². The molecule has 0 radical (unpaired) electrons. The van der Waals surface area contributed by atoms with E-state index in [2.05, 4.69) is 38.0 Å². The summed E-state index contributed by atoms with van der Waals surface area (Å²) in [5.41, 5.74) is 3.27. The Morgan fingerprint density at radius 3 is 2.63 bits per heavy atom. The van der Waals surface area contributed by atoms with Crippen molar-refractivity contribution in [3.8, 4) is 11.5 Å². The minimum absolute atomic E-state index is 0.00237. The van der Waals surface area contributed by atoms with Crippen molar-refractivity contribution >= 4 is 14.0 Å². The lowest BCUT2D eigenvalue weighted by atomic mass is 9.61. The first-order valence-electron chi connectivity index (χ1n) is 7.48. The van der Waals surface area contributed by atoms with E-state index in [9.17, 15) is 4.79 Å². The molecule has 2 aliphatic rings. The summed E-state index contributed by atoms with van der Waals surface area (Å²) in [5, 5.41) is 0. The summed E-state index contributed by atoms with van der Waals surface area (Å²) < 4.78 is 5.68. The molecule has 1 saturated carbocycles. The molecule has 0 aromatic rings. The number of ether oxygens (including phenoxy) is 1. The van der Waals surface area contributed by atoms with Crippen molar-refractivity contribution in [3.05, 3.63) is 0 Å². The van der Waals surface area contributed by atoms with Crippen LogP contribution in [0.2, 0.25) is 19.6 Å². The SMILES string of the molecule is C[C@]12CCCC[C@@]1(CCC#C[Si](C)(C)C)CC(=O)O2. The number of carbonyl (C=O) groups is 1. The van der Waals surface area contributed by atoms with Crippen LogP contribution in [0.15, 0.2) is 0 Å². The van der Waals surface area contributed by atoms with E-state index in [0.29, 0.717) is 6.42 Å². The predicted octanol–water partition coefficient (Wildman–Crippen LogP) is 3.91. The Bertz CT molecular complexity index is 426. The van der Waals surface area contributed by atoms with Crippen LogP contribution in [0, 0.1) is 16.9 Å². The van der Waals surface area contributed by atoms with Gasteiger partial charge >= 0.3 is 5.97 Å². The van der Waals surface area contributed by atoms with Crippen molar-refractivity contribution in [3.63, 3.8) is 0 Å². The van der Waals surface area contributed by atoms with Gasteiger partial charge in [-0.2, -0.15) is 0 Å². The Morgan fingerprint density at radius 2 is 1.95 bits per heavy atom. The van der Waals surface area contributed by atoms with E-state index in [1.165, 1.54) is 12.8 Å². The van der Waals surface area contributed by atoms with Crippen molar-refractivity contribution in [1.29, 1.82) is 0 Å². The van der Waals surface area contributed by atoms with Crippen LogP contribution in [0.25, 0.3) is 0 Å². The Balaban J connectivity index is 2.07. The average molecular weight is 278 g/mol. The summed E-state index contributed by atoms with van der Waals surface area (Å²) in [5.74, 6) is 3.36. The third kappa shape index (κ3) is 3.05. The normalized spacial score (nSPS) is 34.2. The second-order valence-corrected chi connectivity index (χ2v) is 12.2. The van der Waals surface area contributed by atoms with Crippen LogP contribution < -0.4 is 0 Å². The van der Waals surface area contributed by atoms with Gasteiger partial charge in [0.05, 0.1) is 6.42 Å². The Labute approximate surface area is 118 Å². The number of hydrogen-bond donors (Lipinski definition) is 0. The van der Waals surface area contributed by atoms with Crippen molar-refractivity contribution in [2.45, 2.75) is 77.1 Å². The van der Waals surface area contributed by atoms with Crippen molar-refractivity contribution < 1.29 is 9.53 Å². The Hall–Kier alpha value is -0.753. The smallest absolute Gasteiger partial charge is 0.307 e. The highest BCUT2D eigenvalue weighted by Crippen LogP contribution is 2.56. The first kappa shape index (κ1) is 14.7. The van der Waals surface area contributed by atoms with Gasteiger partial charge in [0.15, 0.2) is 0 Å². The summed E-state index contributed by atoms with van der Waals surface area (Å²) in [6.07, 6.45) is 7.12. The quantitative estimate of drug-likeness (QED) is 0.435. The molecule has 1 heterocycles. The van der Waals surface area contributed by atoms with Gasteiger partial charge in [-0.05, 0) is 32.6 Å². The van der Waals surface area contributed by atoms with Crippen molar-refractivity contribution in [1.82, 2.24) is 0 Å². The maximum Gasteiger partial charge on any atom is 0.307 e. The summed E-state index contributed by atoms with van der Waals surface area (Å²) in [4.78, 5) is 11.8. The predicted molar refractivity (Wildman–Crippen MR) is 80.4 cm³/mol. The van der Waals surface area contributed by atoms with Gasteiger partial charge in [-0.1, -0.05) is 26.1 Å². The molecule has 0 unspecified atom stereocenters. The lowest BCUT2D eigenvalue weighted by molar-refractivity contribution is -0.152. The molecule has 0 N–H and O–H groups in total. The maximum absolute atomic E-state index is 11.8. The van der Waals surface area contributed by atoms with E-state index < -0.39 is 8.07 Å². The molecule has 2 nitrogen and oxygen atoms in total. The van der Waals surface area contributed by atoms with E-state index >= 15 is 0 Å². The fourth-order valence-electron chi connectivity index (χ4n) is 3.56. The van der Waals surface area contributed by atoms with Crippen LogP contribution in [0.3, 0.4) is 0 Å². The molecule has 0 aromatic carbocycles. The van der Waals surface area contributed by atoms with Gasteiger partial charge in [0.2, 0.25) is 0 Å². The fraction of sp³-hybridized carbons (Fsp3) is 0.812. The second-order valence-electron chi connectivity index (χ2n) is 7.42. The molecule has 0 spiro atoms. The largest absolute Gasteiger partial charge is 0.459 e. The van der Waals surface area contributed by atoms with E-state index in [1.54, 1.807) is 0 Å². The van der Waals surface area contributed by atoms with Gasteiger partial charge in [-0.3, -0.25) is 4.79 Å². The lowest BCUT2D eigenvalue weighted by Crippen LogP contribution is -2.45. The third-order valence-corrected chi connectivity index (χ3v) is 5.62. The zero-order valence-electron chi connectivity index (χ0n) is 12.8. The van der Waals surface area contributed by atoms with E-state index in [-0.39, 0.29) is 17.0 Å². The van der Waals surface area contributed by atoms with Gasteiger partial charge < -0.3 is 4.74 Å². The minimum Gasteiger partial charge on any atom is -0.459 e. The van der Waals surface area contributed by atoms with Crippen LogP contribution in [-0.2, 0) is 9.53 Å². The number of hydrogen-bond acceptors (Lipinski definition) is 2. The van der Waals surface area contributed by atoms with Gasteiger partial charge in [0, 0.05) is 11.8 Å². The summed E-state index contributed by atoms with van der Waals surface area (Å²) in [6, 6.07) is 0. The first-order valence-corrected chi connectivity index (χ1v) is 11.0. The molecule has 2 atom stereocenters. The highest BCUT2D eigenvalue weighted by atomic mass is 28.3. The van der Waals surface area contributed by atoms with Gasteiger partial charge in [-0.25, -0.2) is 0 Å². The summed E-state index contributed by atoms with van der Waals surface area (Å²) >= 11 is 0. The fourth-order valence-corrected chi connectivity index (χ4v) is 4.22. The van der Waals surface area contributed by atoms with Gasteiger partial charge in [0.25, 0.3) is 0 Å². The molecule has 1 saturated heterocycles. The molecule has 19 heavy (non-hydrogen) atoms. The van der Waals surface area contributed by atoms with Crippen molar-refractivity contribution in [2.24, 2.45) is 5.41 Å². The average Bonchev–Trinajstić information content (AvgIpc) is 2.54. The Morgan fingerprint density at radius 1 is 1.26 bits per heavy atom. The lowest BCUT2D eigenvalue weighted by Gasteiger charge is -2.44. The molecular formula is C16H26O2Si. The summed E-state index contributed by atoms with van der Waals surface area (Å²) in [6.45, 7) is 8.95. The highest BCUT2D eigenvalue weighted by molar-refractivity contribution is 6.83. The zero-order valence-corrected chi connectivity index (χ0v) is 13.8. The number of fused-ring (bicyclic) bond motifs is 1. The van der Waals surface area contributed by atoms with E-state index in [0.717, 1.165) is 25.7 Å². The van der Waals surface area contributed by atoms with Crippen LogP contribution >= 0.6 is 0 Å². The van der Waals surface area contributed by atoms with Crippen LogP contribution in [-0.4, -0.2) is 19.6 Å². The third-order valence-electron chi connectivity index (χ3n) is 4.69. The molecule has 0 amide bonds. The van der Waals surface area contributed by atoms with E-state index in [4.69, 9.17) is 4.74 Å². The molecule has 1 aliphatic heterocycles. The summed E-state index contributed by atoms with van der Waals surface area (Å²) in [7, 11) is -1.27. The molecule has 2 rings (SSSR count). The Kier molecular flexibility index (Phi) is 3.84. The number of rotatable bonds is 2. The van der Waals surface area contributed by atoms with Gasteiger partial charge in [-0.15, -0.1) is 11.5 Å². The number of carbonyl (C=O) groups excluding carboxylic acids is 1. The minimum atomic E-state index is -1.27. The number of esters is 1. The molecule has 3 heteroatoms. The molecular weight excluding hydrogens is 252 g/mol. The molecule has 0 bridgehead atoms. The molecule has 106 valence electrons. The molecule has 2 fully saturated rings. The second kappa shape index (κ2) is 4.98. The standard InChI is InChI=1S/C16H26O2Si/c1-15-9-5-6-10-16(15,13-14(17)18-15)11-7-8-12-19(2,3)4/h5-7,9-11,13H2,1-4H3/t15-,16+/m0/s1. The topological polar surface area (TPSA) is 26.3 Å². The van der Waals surface area contributed by atoms with Gasteiger partial charge in [0.1, 0.15) is 13.7 Å². The van der Waals surface area contributed by atoms with Crippen LogP contribution in [0.4, 0.5) is 0 Å². The maximum atomic E-state index is 11.8. The van der Waals surface area contributed by atoms with Crippen LogP contribution in [0.1, 0.15) is 51.9 Å². The van der Waals surface area contributed by atoms with Crippen molar-refractivity contribution in [2.75, 3.05) is 0 Å². The van der Waals surface area contributed by atoms with Crippen LogP contribution in [0.5, 0.6) is 0 Å².